The second-order valence-electron chi connectivity index (χ2n) is 4.15. The molecule has 0 aliphatic heterocycles. The molecule has 0 aliphatic rings. The van der Waals surface area contributed by atoms with Crippen molar-refractivity contribution in [2.75, 3.05) is 24.7 Å². The van der Waals surface area contributed by atoms with E-state index < -0.39 is 9.84 Å². The number of hydrogen-bond donors (Lipinski definition) is 2. The highest BCUT2D eigenvalue weighted by Gasteiger charge is 2.13. The van der Waals surface area contributed by atoms with Gasteiger partial charge in [-0.1, -0.05) is 6.92 Å². The van der Waals surface area contributed by atoms with Gasteiger partial charge in [-0.2, -0.15) is 0 Å². The predicted molar refractivity (Wildman–Crippen MR) is 73.8 cm³/mol. The number of rotatable bonds is 7. The number of aromatic nitrogens is 1. The molecule has 0 aromatic carbocycles. The van der Waals surface area contributed by atoms with Crippen molar-refractivity contribution < 1.29 is 13.2 Å². The van der Waals surface area contributed by atoms with E-state index in [-0.39, 0.29) is 23.0 Å². The molecule has 7 heteroatoms. The van der Waals surface area contributed by atoms with Crippen molar-refractivity contribution >= 4 is 21.6 Å². The van der Waals surface area contributed by atoms with E-state index in [0.29, 0.717) is 13.1 Å². The number of nitrogens with one attached hydrogen (secondary N) is 2. The van der Waals surface area contributed by atoms with Crippen LogP contribution < -0.4 is 10.6 Å². The van der Waals surface area contributed by atoms with Crippen LogP contribution >= 0.6 is 0 Å². The lowest BCUT2D eigenvalue weighted by Gasteiger charge is -2.09. The monoisotopic (exact) mass is 285 g/mol. The molecule has 0 saturated carbocycles. The van der Waals surface area contributed by atoms with Crippen molar-refractivity contribution in [3.8, 4) is 0 Å². The van der Waals surface area contributed by atoms with Crippen molar-refractivity contribution in [2.24, 2.45) is 0 Å². The van der Waals surface area contributed by atoms with E-state index in [1.54, 1.807) is 6.07 Å². The fourth-order valence-electron chi connectivity index (χ4n) is 1.47. The third kappa shape index (κ3) is 5.25. The molecule has 0 bridgehead atoms. The summed E-state index contributed by atoms with van der Waals surface area (Å²) in [6.07, 6.45) is 3.80. The van der Waals surface area contributed by atoms with Gasteiger partial charge in [0.05, 0.1) is 0 Å². The molecule has 0 atom stereocenters. The smallest absolute Gasteiger partial charge is 0.221 e. The first kappa shape index (κ1) is 15.4. The van der Waals surface area contributed by atoms with Crippen LogP contribution in [0.3, 0.4) is 0 Å². The molecule has 0 aliphatic carbocycles. The van der Waals surface area contributed by atoms with Crippen LogP contribution in [-0.4, -0.2) is 38.7 Å². The van der Waals surface area contributed by atoms with Gasteiger partial charge in [-0.25, -0.2) is 13.4 Å². The molecule has 6 nitrogen and oxygen atoms in total. The third-order valence-electron chi connectivity index (χ3n) is 2.39. The van der Waals surface area contributed by atoms with Gasteiger partial charge in [0.15, 0.2) is 9.84 Å². The zero-order chi connectivity index (χ0) is 14.3. The molecule has 1 aromatic rings. The molecule has 19 heavy (non-hydrogen) atoms. The maximum atomic E-state index is 11.5. The summed E-state index contributed by atoms with van der Waals surface area (Å²) in [6.45, 7) is 2.97. The highest BCUT2D eigenvalue weighted by Crippen LogP contribution is 2.17. The van der Waals surface area contributed by atoms with Crippen LogP contribution in [0, 0.1) is 0 Å². The number of sulfone groups is 1. The van der Waals surface area contributed by atoms with Crippen LogP contribution in [-0.2, 0) is 14.6 Å². The second kappa shape index (κ2) is 7.08. The van der Waals surface area contributed by atoms with Gasteiger partial charge in [0, 0.05) is 32.0 Å². The number of anilines is 1. The standard InChI is InChI=1S/C12H19N3O3S/c1-3-7-13-11(16)6-9-15-12-10(19(2,17)18)5-4-8-14-12/h4-5,8H,3,6-7,9H2,1-2H3,(H,13,16)(H,14,15). The van der Waals surface area contributed by atoms with Crippen molar-refractivity contribution in [3.05, 3.63) is 18.3 Å². The Morgan fingerprint density at radius 2 is 2.11 bits per heavy atom. The zero-order valence-corrected chi connectivity index (χ0v) is 12.0. The molecule has 0 radical (unpaired) electrons. The lowest BCUT2D eigenvalue weighted by molar-refractivity contribution is -0.120. The maximum absolute atomic E-state index is 11.5. The molecule has 106 valence electrons. The zero-order valence-electron chi connectivity index (χ0n) is 11.1. The fourth-order valence-corrected chi connectivity index (χ4v) is 2.27. The Morgan fingerprint density at radius 1 is 1.37 bits per heavy atom. The van der Waals surface area contributed by atoms with Crippen LogP contribution in [0.5, 0.6) is 0 Å². The number of carbonyl (C=O) groups is 1. The van der Waals surface area contributed by atoms with Crippen molar-refractivity contribution in [3.63, 3.8) is 0 Å². The Morgan fingerprint density at radius 3 is 2.74 bits per heavy atom. The average molecular weight is 285 g/mol. The molecule has 1 amide bonds. The summed E-state index contributed by atoms with van der Waals surface area (Å²) < 4.78 is 23.1. The Hall–Kier alpha value is -1.63. The predicted octanol–water partition coefficient (Wildman–Crippen LogP) is 0.813. The highest BCUT2D eigenvalue weighted by molar-refractivity contribution is 7.90. The van der Waals surface area contributed by atoms with E-state index in [9.17, 15) is 13.2 Å². The summed E-state index contributed by atoms with van der Waals surface area (Å²) in [7, 11) is -3.32. The van der Waals surface area contributed by atoms with Gasteiger partial charge in [-0.3, -0.25) is 4.79 Å². The first-order chi connectivity index (χ1) is 8.95. The van der Waals surface area contributed by atoms with Crippen LogP contribution in [0.15, 0.2) is 23.2 Å². The maximum Gasteiger partial charge on any atom is 0.221 e. The van der Waals surface area contributed by atoms with Crippen LogP contribution in [0.4, 0.5) is 5.82 Å². The Balaban J connectivity index is 2.57. The van der Waals surface area contributed by atoms with E-state index in [4.69, 9.17) is 0 Å². The number of nitrogens with zero attached hydrogens (tertiary/aromatic N) is 1. The first-order valence-electron chi connectivity index (χ1n) is 6.10. The third-order valence-corrected chi connectivity index (χ3v) is 3.52. The number of pyridine rings is 1. The van der Waals surface area contributed by atoms with Crippen LogP contribution in [0.2, 0.25) is 0 Å². The Bertz CT molecular complexity index is 529. The van der Waals surface area contributed by atoms with Gasteiger partial charge < -0.3 is 10.6 Å². The fraction of sp³-hybridized carbons (Fsp3) is 0.500. The highest BCUT2D eigenvalue weighted by atomic mass is 32.2. The minimum Gasteiger partial charge on any atom is -0.368 e. The van der Waals surface area contributed by atoms with Gasteiger partial charge in [0.25, 0.3) is 0 Å². The van der Waals surface area contributed by atoms with Gasteiger partial charge in [0.1, 0.15) is 10.7 Å². The van der Waals surface area contributed by atoms with Crippen LogP contribution in [0.25, 0.3) is 0 Å². The molecular weight excluding hydrogens is 266 g/mol. The molecule has 1 heterocycles. The molecule has 0 spiro atoms. The lowest BCUT2D eigenvalue weighted by Crippen LogP contribution is -2.26. The normalized spacial score (nSPS) is 11.1. The minimum absolute atomic E-state index is 0.0637. The topological polar surface area (TPSA) is 88.2 Å². The van der Waals surface area contributed by atoms with Crippen molar-refractivity contribution in [2.45, 2.75) is 24.7 Å². The summed E-state index contributed by atoms with van der Waals surface area (Å²) >= 11 is 0. The molecule has 0 unspecified atom stereocenters. The van der Waals surface area contributed by atoms with Crippen LogP contribution in [0.1, 0.15) is 19.8 Å². The molecule has 0 fully saturated rings. The molecule has 1 rings (SSSR count). The van der Waals surface area contributed by atoms with E-state index >= 15 is 0 Å². The van der Waals surface area contributed by atoms with Gasteiger partial charge >= 0.3 is 0 Å². The van der Waals surface area contributed by atoms with Gasteiger partial charge in [-0.05, 0) is 18.6 Å². The molecule has 2 N–H and O–H groups in total. The second-order valence-corrected chi connectivity index (χ2v) is 6.13. The summed E-state index contributed by atoms with van der Waals surface area (Å²) in [5.41, 5.74) is 0. The lowest BCUT2D eigenvalue weighted by atomic mass is 10.3. The summed E-state index contributed by atoms with van der Waals surface area (Å²) in [4.78, 5) is 15.5. The quantitative estimate of drug-likeness (QED) is 0.774. The number of amides is 1. The average Bonchev–Trinajstić information content (AvgIpc) is 2.35. The van der Waals surface area contributed by atoms with Crippen molar-refractivity contribution in [1.29, 1.82) is 0 Å². The summed E-state index contributed by atoms with van der Waals surface area (Å²) in [5, 5.41) is 5.62. The first-order valence-corrected chi connectivity index (χ1v) is 8.00. The Labute approximate surface area is 113 Å². The van der Waals surface area contributed by atoms with Crippen molar-refractivity contribution in [1.82, 2.24) is 10.3 Å². The number of carbonyl (C=O) groups excluding carboxylic acids is 1. The summed E-state index contributed by atoms with van der Waals surface area (Å²) in [6, 6.07) is 3.05. The van der Waals surface area contributed by atoms with E-state index in [0.717, 1.165) is 12.7 Å². The van der Waals surface area contributed by atoms with E-state index in [2.05, 4.69) is 15.6 Å². The molecule has 0 saturated heterocycles. The minimum atomic E-state index is -3.32. The molecular formula is C12H19N3O3S. The largest absolute Gasteiger partial charge is 0.368 e. The van der Waals surface area contributed by atoms with Gasteiger partial charge in [-0.15, -0.1) is 0 Å². The van der Waals surface area contributed by atoms with E-state index in [1.807, 2.05) is 6.92 Å². The molecule has 1 aromatic heterocycles. The van der Waals surface area contributed by atoms with Gasteiger partial charge in [0.2, 0.25) is 5.91 Å². The Kier molecular flexibility index (Phi) is 5.75. The van der Waals surface area contributed by atoms with E-state index in [1.165, 1.54) is 12.3 Å². The number of hydrogen-bond acceptors (Lipinski definition) is 5. The summed E-state index contributed by atoms with van der Waals surface area (Å²) in [5.74, 6) is 0.222. The SMILES string of the molecule is CCCNC(=O)CCNc1ncccc1S(C)(=O)=O.